The van der Waals surface area contributed by atoms with Crippen molar-refractivity contribution in [3.63, 3.8) is 0 Å². The molecule has 0 aromatic carbocycles. The molecule has 1 N–H and O–H groups in total. The summed E-state index contributed by atoms with van der Waals surface area (Å²) in [5.74, 6) is -0.944. The number of esters is 1. The van der Waals surface area contributed by atoms with Crippen LogP contribution in [-0.2, 0) is 19.1 Å². The quantitative estimate of drug-likeness (QED) is 0.575. The maximum Gasteiger partial charge on any atom is 0.310 e. The van der Waals surface area contributed by atoms with E-state index < -0.39 is 5.97 Å². The Labute approximate surface area is 95.8 Å². The van der Waals surface area contributed by atoms with Gasteiger partial charge in [0.15, 0.2) is 0 Å². The van der Waals surface area contributed by atoms with E-state index in [2.05, 4.69) is 13.8 Å². The molecule has 0 bridgehead atoms. The number of carbonyl (C=O) groups excluding carboxylic acids is 2. The number of aliphatic carboxylic acids is 1. The normalized spacial score (nSPS) is 9.06. The van der Waals surface area contributed by atoms with E-state index in [4.69, 9.17) is 9.84 Å². The molecular formula is C11H20O5. The molecule has 16 heavy (non-hydrogen) atoms. The summed E-state index contributed by atoms with van der Waals surface area (Å²) in [6.45, 7) is 7.44. The SMILES string of the molecule is CC(=O)CC(=O)O.CC(=O)OCCC(C)C. The predicted octanol–water partition coefficient (Wildman–Crippen LogP) is 1.65. The molecule has 0 aromatic heterocycles. The summed E-state index contributed by atoms with van der Waals surface area (Å²) in [6.07, 6.45) is 0.597. The van der Waals surface area contributed by atoms with Crippen LogP contribution < -0.4 is 0 Å². The number of ketones is 1. The zero-order valence-corrected chi connectivity index (χ0v) is 10.3. The Kier molecular flexibility index (Phi) is 10.8. The molecule has 0 amide bonds. The van der Waals surface area contributed by atoms with Crippen molar-refractivity contribution >= 4 is 17.7 Å². The summed E-state index contributed by atoms with van der Waals surface area (Å²) in [7, 11) is 0. The molecule has 0 saturated carbocycles. The maximum atomic E-state index is 10.2. The Balaban J connectivity index is 0. The molecule has 0 fully saturated rings. The first-order valence-electron chi connectivity index (χ1n) is 5.10. The Bertz CT molecular complexity index is 221. The number of Topliss-reactive ketones (excluding diaryl/α,β-unsaturated/α-hetero) is 1. The van der Waals surface area contributed by atoms with Gasteiger partial charge in [-0.25, -0.2) is 0 Å². The van der Waals surface area contributed by atoms with Crippen LogP contribution in [0.1, 0.15) is 40.5 Å². The summed E-state index contributed by atoms with van der Waals surface area (Å²) in [5, 5.41) is 7.86. The first-order chi connectivity index (χ1) is 7.25. The smallest absolute Gasteiger partial charge is 0.310 e. The highest BCUT2D eigenvalue weighted by Gasteiger charge is 1.98. The van der Waals surface area contributed by atoms with Gasteiger partial charge in [-0.2, -0.15) is 0 Å². The molecule has 0 aromatic rings. The third-order valence-corrected chi connectivity index (χ3v) is 1.40. The highest BCUT2D eigenvalue weighted by Crippen LogP contribution is 1.98. The fourth-order valence-corrected chi connectivity index (χ4v) is 0.651. The summed E-state index contributed by atoms with van der Waals surface area (Å²) in [4.78, 5) is 29.7. The molecule has 0 heterocycles. The fourth-order valence-electron chi connectivity index (χ4n) is 0.651. The van der Waals surface area contributed by atoms with Crippen molar-refractivity contribution in [2.24, 2.45) is 5.92 Å². The minimum atomic E-state index is -1.06. The number of rotatable bonds is 5. The van der Waals surface area contributed by atoms with E-state index in [1.54, 1.807) is 0 Å². The lowest BCUT2D eigenvalue weighted by Crippen LogP contribution is -2.02. The second-order valence-electron chi connectivity index (χ2n) is 3.80. The molecule has 0 spiro atoms. The Morgan fingerprint density at radius 3 is 1.88 bits per heavy atom. The van der Waals surface area contributed by atoms with E-state index in [1.807, 2.05) is 0 Å². The van der Waals surface area contributed by atoms with Crippen molar-refractivity contribution < 1.29 is 24.2 Å². The molecule has 94 valence electrons. The zero-order valence-electron chi connectivity index (χ0n) is 10.3. The van der Waals surface area contributed by atoms with Gasteiger partial charge in [-0.1, -0.05) is 13.8 Å². The van der Waals surface area contributed by atoms with E-state index in [9.17, 15) is 14.4 Å². The minimum absolute atomic E-state index is 0.185. The van der Waals surface area contributed by atoms with Crippen molar-refractivity contribution in [1.82, 2.24) is 0 Å². The molecule has 5 heteroatoms. The summed E-state index contributed by atoms with van der Waals surface area (Å²) >= 11 is 0. The maximum absolute atomic E-state index is 10.2. The second-order valence-corrected chi connectivity index (χ2v) is 3.80. The number of carboxylic acid groups (broad SMARTS) is 1. The van der Waals surface area contributed by atoms with Crippen LogP contribution in [0.5, 0.6) is 0 Å². The van der Waals surface area contributed by atoms with E-state index in [1.165, 1.54) is 13.8 Å². The first-order valence-corrected chi connectivity index (χ1v) is 5.10. The van der Waals surface area contributed by atoms with Crippen LogP contribution in [0.15, 0.2) is 0 Å². The topological polar surface area (TPSA) is 80.7 Å². The van der Waals surface area contributed by atoms with Gasteiger partial charge < -0.3 is 9.84 Å². The molecule has 0 unspecified atom stereocenters. The Hall–Kier alpha value is -1.39. The van der Waals surface area contributed by atoms with Gasteiger partial charge in [-0.3, -0.25) is 14.4 Å². The number of hydrogen-bond acceptors (Lipinski definition) is 4. The van der Waals surface area contributed by atoms with Gasteiger partial charge in [0.2, 0.25) is 0 Å². The zero-order chi connectivity index (χ0) is 13.1. The van der Waals surface area contributed by atoms with Gasteiger partial charge in [-0.15, -0.1) is 0 Å². The van der Waals surface area contributed by atoms with E-state index in [-0.39, 0.29) is 18.2 Å². The molecule has 0 atom stereocenters. The van der Waals surface area contributed by atoms with Gasteiger partial charge >= 0.3 is 11.9 Å². The Morgan fingerprint density at radius 2 is 1.69 bits per heavy atom. The van der Waals surface area contributed by atoms with Crippen LogP contribution in [0.3, 0.4) is 0 Å². The van der Waals surface area contributed by atoms with Gasteiger partial charge in [0.25, 0.3) is 0 Å². The van der Waals surface area contributed by atoms with Gasteiger partial charge in [0.05, 0.1) is 6.61 Å². The molecule has 0 radical (unpaired) electrons. The van der Waals surface area contributed by atoms with Crippen molar-refractivity contribution in [2.45, 2.75) is 40.5 Å². The van der Waals surface area contributed by atoms with Crippen molar-refractivity contribution in [2.75, 3.05) is 6.61 Å². The summed E-state index contributed by atoms with van der Waals surface area (Å²) < 4.78 is 4.71. The second kappa shape index (κ2) is 10.1. The predicted molar refractivity (Wildman–Crippen MR) is 59.0 cm³/mol. The van der Waals surface area contributed by atoms with Crippen molar-refractivity contribution in [3.05, 3.63) is 0 Å². The van der Waals surface area contributed by atoms with Crippen LogP contribution in [0.25, 0.3) is 0 Å². The standard InChI is InChI=1S/C7H14O2.C4H6O3/c1-6(2)4-5-9-7(3)8;1-3(5)2-4(6)7/h6H,4-5H2,1-3H3;2H2,1H3,(H,6,7). The number of ether oxygens (including phenoxy) is 1. The molecule has 0 aliphatic carbocycles. The van der Waals surface area contributed by atoms with Crippen LogP contribution in [0.2, 0.25) is 0 Å². The highest BCUT2D eigenvalue weighted by atomic mass is 16.5. The summed E-state index contributed by atoms with van der Waals surface area (Å²) in [6, 6.07) is 0. The van der Waals surface area contributed by atoms with Crippen LogP contribution in [0.4, 0.5) is 0 Å². The van der Waals surface area contributed by atoms with Gasteiger partial charge in [-0.05, 0) is 19.3 Å². The van der Waals surface area contributed by atoms with Crippen LogP contribution >= 0.6 is 0 Å². The molecule has 0 aliphatic rings. The lowest BCUT2D eigenvalue weighted by Gasteiger charge is -2.02. The third-order valence-electron chi connectivity index (χ3n) is 1.40. The number of carboxylic acids is 1. The number of hydrogen-bond donors (Lipinski definition) is 1. The molecule has 0 aliphatic heterocycles. The van der Waals surface area contributed by atoms with E-state index in [0.29, 0.717) is 12.5 Å². The highest BCUT2D eigenvalue weighted by molar-refractivity contribution is 5.93. The lowest BCUT2D eigenvalue weighted by molar-refractivity contribution is -0.142. The van der Waals surface area contributed by atoms with Gasteiger partial charge in [0.1, 0.15) is 12.2 Å². The van der Waals surface area contributed by atoms with Crippen LogP contribution in [0, 0.1) is 5.92 Å². The van der Waals surface area contributed by atoms with Crippen LogP contribution in [-0.4, -0.2) is 29.4 Å². The van der Waals surface area contributed by atoms with Crippen molar-refractivity contribution in [3.8, 4) is 0 Å². The van der Waals surface area contributed by atoms with Crippen molar-refractivity contribution in [1.29, 1.82) is 0 Å². The Morgan fingerprint density at radius 1 is 1.19 bits per heavy atom. The fraction of sp³-hybridized carbons (Fsp3) is 0.727. The molecule has 0 saturated heterocycles. The van der Waals surface area contributed by atoms with E-state index >= 15 is 0 Å². The molecular weight excluding hydrogens is 212 g/mol. The minimum Gasteiger partial charge on any atom is -0.481 e. The summed E-state index contributed by atoms with van der Waals surface area (Å²) in [5.41, 5.74) is 0. The van der Waals surface area contributed by atoms with E-state index in [0.717, 1.165) is 6.42 Å². The monoisotopic (exact) mass is 232 g/mol. The third kappa shape index (κ3) is 22.9. The van der Waals surface area contributed by atoms with Gasteiger partial charge in [0, 0.05) is 6.92 Å². The number of carbonyl (C=O) groups is 3. The average Bonchev–Trinajstić information content (AvgIpc) is 2.00. The first kappa shape index (κ1) is 17.0. The lowest BCUT2D eigenvalue weighted by atomic mass is 10.1. The molecule has 0 rings (SSSR count). The largest absolute Gasteiger partial charge is 0.481 e. The average molecular weight is 232 g/mol. The molecule has 5 nitrogen and oxygen atoms in total.